The number of nitrogens with zero attached hydrogens (tertiary/aromatic N) is 2. The Morgan fingerprint density at radius 2 is 2.40 bits per heavy atom. The first kappa shape index (κ1) is 10.8. The quantitative estimate of drug-likeness (QED) is 0.322. The summed E-state index contributed by atoms with van der Waals surface area (Å²) in [5.41, 5.74) is -0.0365. The van der Waals surface area contributed by atoms with E-state index in [2.05, 4.69) is 9.72 Å². The second-order valence-electron chi connectivity index (χ2n) is 2.52. The Kier molecular flexibility index (Phi) is 3.50. The molecule has 0 atom stereocenters. The van der Waals surface area contributed by atoms with Gasteiger partial charge in [0, 0.05) is 18.3 Å². The number of nitro groups is 1. The number of ether oxygens (including phenoxy) is 1. The monoisotopic (exact) mass is 208 g/mol. The lowest BCUT2D eigenvalue weighted by Crippen LogP contribution is -1.96. The maximum Gasteiger partial charge on any atom is 0.330 e. The molecule has 15 heavy (non-hydrogen) atoms. The predicted molar refractivity (Wildman–Crippen MR) is 51.9 cm³/mol. The summed E-state index contributed by atoms with van der Waals surface area (Å²) in [6, 6.07) is 2.76. The van der Waals surface area contributed by atoms with Crippen LogP contribution in [-0.2, 0) is 9.53 Å². The molecule has 0 radical (unpaired) electrons. The average Bonchev–Trinajstić information content (AvgIpc) is 2.26. The summed E-state index contributed by atoms with van der Waals surface area (Å²) in [7, 11) is 1.22. The number of pyridine rings is 1. The van der Waals surface area contributed by atoms with Crippen LogP contribution in [0.25, 0.3) is 6.08 Å². The number of hydrogen-bond acceptors (Lipinski definition) is 5. The van der Waals surface area contributed by atoms with Crippen molar-refractivity contribution in [3.8, 4) is 0 Å². The molecular formula is C9H8N2O4. The lowest BCUT2D eigenvalue weighted by atomic mass is 10.3. The van der Waals surface area contributed by atoms with Gasteiger partial charge in [0.25, 0.3) is 5.69 Å². The summed E-state index contributed by atoms with van der Waals surface area (Å²) in [5.74, 6) is -0.588. The number of methoxy groups -OCH3 is 1. The second-order valence-corrected chi connectivity index (χ2v) is 2.52. The third-order valence-electron chi connectivity index (χ3n) is 1.59. The van der Waals surface area contributed by atoms with Crippen molar-refractivity contribution in [1.82, 2.24) is 4.98 Å². The van der Waals surface area contributed by atoms with E-state index in [0.717, 1.165) is 6.08 Å². The maximum atomic E-state index is 10.8. The molecule has 1 aromatic rings. The third-order valence-corrected chi connectivity index (χ3v) is 1.59. The smallest absolute Gasteiger partial charge is 0.330 e. The highest BCUT2D eigenvalue weighted by Gasteiger charge is 2.11. The zero-order chi connectivity index (χ0) is 11.3. The van der Waals surface area contributed by atoms with Crippen LogP contribution in [0.1, 0.15) is 5.69 Å². The predicted octanol–water partition coefficient (Wildman–Crippen LogP) is 1.18. The van der Waals surface area contributed by atoms with Gasteiger partial charge in [0.2, 0.25) is 0 Å². The van der Waals surface area contributed by atoms with E-state index in [1.165, 1.54) is 31.5 Å². The van der Waals surface area contributed by atoms with Gasteiger partial charge in [-0.05, 0) is 12.1 Å². The molecule has 0 amide bonds. The summed E-state index contributed by atoms with van der Waals surface area (Å²) in [4.78, 5) is 24.5. The van der Waals surface area contributed by atoms with Gasteiger partial charge in [-0.25, -0.2) is 9.78 Å². The van der Waals surface area contributed by atoms with Crippen LogP contribution in [0, 0.1) is 10.1 Å². The SMILES string of the molecule is COC(=O)/C=C/c1ncccc1[N+](=O)[O-]. The Morgan fingerprint density at radius 3 is 3.00 bits per heavy atom. The molecule has 0 aliphatic carbocycles. The lowest BCUT2D eigenvalue weighted by Gasteiger charge is -1.95. The Hall–Kier alpha value is -2.24. The normalized spacial score (nSPS) is 10.2. The molecule has 0 unspecified atom stereocenters. The van der Waals surface area contributed by atoms with Crippen LogP contribution in [-0.4, -0.2) is 23.0 Å². The van der Waals surface area contributed by atoms with Crippen molar-refractivity contribution >= 4 is 17.7 Å². The molecule has 6 heteroatoms. The van der Waals surface area contributed by atoms with E-state index in [1.54, 1.807) is 0 Å². The molecule has 0 N–H and O–H groups in total. The lowest BCUT2D eigenvalue weighted by molar-refractivity contribution is -0.385. The van der Waals surface area contributed by atoms with Gasteiger partial charge < -0.3 is 4.74 Å². The molecular weight excluding hydrogens is 200 g/mol. The van der Waals surface area contributed by atoms with E-state index in [4.69, 9.17) is 0 Å². The summed E-state index contributed by atoms with van der Waals surface area (Å²) in [6.07, 6.45) is 3.73. The van der Waals surface area contributed by atoms with Crippen LogP contribution in [0.2, 0.25) is 0 Å². The van der Waals surface area contributed by atoms with E-state index in [1.807, 2.05) is 0 Å². The maximum absolute atomic E-state index is 10.8. The van der Waals surface area contributed by atoms with Crippen LogP contribution in [0.5, 0.6) is 0 Å². The molecule has 0 saturated heterocycles. The van der Waals surface area contributed by atoms with Gasteiger partial charge in [0.1, 0.15) is 5.69 Å². The molecule has 0 spiro atoms. The number of rotatable bonds is 3. The molecule has 0 aliphatic rings. The van der Waals surface area contributed by atoms with Gasteiger partial charge in [-0.1, -0.05) is 0 Å². The highest BCUT2D eigenvalue weighted by atomic mass is 16.6. The van der Waals surface area contributed by atoms with Gasteiger partial charge in [-0.15, -0.1) is 0 Å². The van der Waals surface area contributed by atoms with Crippen molar-refractivity contribution < 1.29 is 14.5 Å². The summed E-state index contributed by atoms with van der Waals surface area (Å²) < 4.78 is 4.35. The minimum atomic E-state index is -0.588. The molecule has 1 heterocycles. The Bertz CT molecular complexity index is 414. The number of carbonyl (C=O) groups excluding carboxylic acids is 1. The van der Waals surface area contributed by atoms with Crippen molar-refractivity contribution in [2.45, 2.75) is 0 Å². The topological polar surface area (TPSA) is 82.3 Å². The fourth-order valence-corrected chi connectivity index (χ4v) is 0.907. The third kappa shape index (κ3) is 2.87. The average molecular weight is 208 g/mol. The zero-order valence-corrected chi connectivity index (χ0v) is 7.91. The fraction of sp³-hybridized carbons (Fsp3) is 0.111. The van der Waals surface area contributed by atoms with Crippen molar-refractivity contribution in [3.05, 3.63) is 40.2 Å². The van der Waals surface area contributed by atoms with E-state index in [9.17, 15) is 14.9 Å². The second kappa shape index (κ2) is 4.85. The van der Waals surface area contributed by atoms with Crippen LogP contribution in [0.3, 0.4) is 0 Å². The van der Waals surface area contributed by atoms with Gasteiger partial charge in [0.15, 0.2) is 0 Å². The standard InChI is InChI=1S/C9H8N2O4/c1-15-9(12)5-4-7-8(11(13)14)3-2-6-10-7/h2-6H,1H3/b5-4+. The molecule has 0 saturated carbocycles. The minimum absolute atomic E-state index is 0.118. The van der Waals surface area contributed by atoms with E-state index < -0.39 is 10.9 Å². The number of esters is 1. The molecule has 0 fully saturated rings. The van der Waals surface area contributed by atoms with Crippen molar-refractivity contribution in [1.29, 1.82) is 0 Å². The van der Waals surface area contributed by atoms with Crippen molar-refractivity contribution in [2.24, 2.45) is 0 Å². The number of aromatic nitrogens is 1. The van der Waals surface area contributed by atoms with Gasteiger partial charge in [0.05, 0.1) is 12.0 Å². The van der Waals surface area contributed by atoms with Crippen LogP contribution >= 0.6 is 0 Å². The summed E-state index contributed by atoms with van der Waals surface area (Å²) in [5, 5.41) is 10.6. The molecule has 78 valence electrons. The molecule has 0 aliphatic heterocycles. The summed E-state index contributed by atoms with van der Waals surface area (Å²) >= 11 is 0. The van der Waals surface area contributed by atoms with Gasteiger partial charge in [-0.2, -0.15) is 0 Å². The molecule has 0 aromatic carbocycles. The largest absolute Gasteiger partial charge is 0.466 e. The van der Waals surface area contributed by atoms with Crippen LogP contribution < -0.4 is 0 Å². The van der Waals surface area contributed by atoms with E-state index in [-0.39, 0.29) is 11.4 Å². The number of carbonyl (C=O) groups is 1. The first-order valence-corrected chi connectivity index (χ1v) is 4.00. The zero-order valence-electron chi connectivity index (χ0n) is 7.91. The van der Waals surface area contributed by atoms with E-state index in [0.29, 0.717) is 0 Å². The fourth-order valence-electron chi connectivity index (χ4n) is 0.907. The highest BCUT2D eigenvalue weighted by Crippen LogP contribution is 2.16. The summed E-state index contributed by atoms with van der Waals surface area (Å²) in [6.45, 7) is 0. The molecule has 1 aromatic heterocycles. The van der Waals surface area contributed by atoms with E-state index >= 15 is 0 Å². The first-order valence-electron chi connectivity index (χ1n) is 4.00. The Morgan fingerprint density at radius 1 is 1.67 bits per heavy atom. The van der Waals surface area contributed by atoms with Crippen molar-refractivity contribution in [2.75, 3.05) is 7.11 Å². The molecule has 0 bridgehead atoms. The minimum Gasteiger partial charge on any atom is -0.466 e. The highest BCUT2D eigenvalue weighted by molar-refractivity contribution is 5.87. The van der Waals surface area contributed by atoms with Crippen molar-refractivity contribution in [3.63, 3.8) is 0 Å². The number of hydrogen-bond donors (Lipinski definition) is 0. The molecule has 1 rings (SSSR count). The first-order chi connectivity index (χ1) is 7.15. The Labute approximate surface area is 85.3 Å². The van der Waals surface area contributed by atoms with Crippen LogP contribution in [0.4, 0.5) is 5.69 Å². The van der Waals surface area contributed by atoms with Gasteiger partial charge >= 0.3 is 5.97 Å². The van der Waals surface area contributed by atoms with Gasteiger partial charge in [-0.3, -0.25) is 10.1 Å². The Balaban J connectivity index is 2.99. The van der Waals surface area contributed by atoms with Crippen LogP contribution in [0.15, 0.2) is 24.4 Å². The molecule has 6 nitrogen and oxygen atoms in total.